The first-order valence-corrected chi connectivity index (χ1v) is 8.60. The molecule has 0 fully saturated rings. The maximum atomic E-state index is 12.3. The van der Waals surface area contributed by atoms with Gasteiger partial charge in [0.2, 0.25) is 0 Å². The van der Waals surface area contributed by atoms with Crippen molar-refractivity contribution in [2.75, 3.05) is 11.3 Å². The van der Waals surface area contributed by atoms with Gasteiger partial charge < -0.3 is 5.32 Å². The third-order valence-electron chi connectivity index (χ3n) is 2.75. The van der Waals surface area contributed by atoms with Crippen molar-refractivity contribution >= 4 is 27.0 Å². The number of sulfonamides is 1. The van der Waals surface area contributed by atoms with Gasteiger partial charge in [0.05, 0.1) is 16.3 Å². The normalized spacial score (nSPS) is 11.8. The van der Waals surface area contributed by atoms with E-state index in [1.807, 2.05) is 6.92 Å². The molecule has 110 valence electrons. The predicted molar refractivity (Wildman–Crippen MR) is 80.5 cm³/mol. The summed E-state index contributed by atoms with van der Waals surface area (Å²) in [6.45, 7) is 5.32. The second-order valence-corrected chi connectivity index (χ2v) is 7.11. The molecule has 0 unspecified atom stereocenters. The van der Waals surface area contributed by atoms with Gasteiger partial charge in [-0.3, -0.25) is 9.40 Å². The van der Waals surface area contributed by atoms with Crippen LogP contribution in [0.15, 0.2) is 22.5 Å². The average molecular weight is 314 g/mol. The van der Waals surface area contributed by atoms with Crippen LogP contribution >= 0.6 is 11.3 Å². The molecule has 20 heavy (non-hydrogen) atoms. The van der Waals surface area contributed by atoms with Crippen LogP contribution in [0.4, 0.5) is 5.69 Å². The SMILES string of the molecule is CCNCc1cc(S(=O)(=O)Nc2cn(C)nc2C)cs1. The van der Waals surface area contributed by atoms with Gasteiger partial charge in [-0.2, -0.15) is 5.10 Å². The third kappa shape index (κ3) is 3.38. The van der Waals surface area contributed by atoms with Gasteiger partial charge in [-0.05, 0) is 19.5 Å². The second-order valence-electron chi connectivity index (χ2n) is 4.44. The van der Waals surface area contributed by atoms with Crippen LogP contribution < -0.4 is 10.0 Å². The van der Waals surface area contributed by atoms with Crippen molar-refractivity contribution in [1.82, 2.24) is 15.1 Å². The van der Waals surface area contributed by atoms with Crippen molar-refractivity contribution in [1.29, 1.82) is 0 Å². The highest BCUT2D eigenvalue weighted by Gasteiger charge is 2.18. The summed E-state index contributed by atoms with van der Waals surface area (Å²) in [6.07, 6.45) is 1.65. The van der Waals surface area contributed by atoms with E-state index in [1.165, 1.54) is 11.3 Å². The lowest BCUT2D eigenvalue weighted by atomic mass is 10.4. The van der Waals surface area contributed by atoms with Crippen molar-refractivity contribution in [3.05, 3.63) is 28.2 Å². The molecule has 0 aliphatic rings. The zero-order valence-electron chi connectivity index (χ0n) is 11.7. The van der Waals surface area contributed by atoms with Crippen molar-refractivity contribution in [3.63, 3.8) is 0 Å². The molecule has 0 aromatic carbocycles. The van der Waals surface area contributed by atoms with E-state index in [0.29, 0.717) is 22.8 Å². The summed E-state index contributed by atoms with van der Waals surface area (Å²) in [4.78, 5) is 1.29. The van der Waals surface area contributed by atoms with Gasteiger partial charge >= 0.3 is 0 Å². The first-order chi connectivity index (χ1) is 9.42. The molecular formula is C12H18N4O2S2. The zero-order valence-corrected chi connectivity index (χ0v) is 13.3. The monoisotopic (exact) mass is 314 g/mol. The van der Waals surface area contributed by atoms with Crippen LogP contribution in [0.3, 0.4) is 0 Å². The van der Waals surface area contributed by atoms with E-state index in [2.05, 4.69) is 15.1 Å². The Morgan fingerprint density at radius 1 is 1.45 bits per heavy atom. The number of thiophene rings is 1. The van der Waals surface area contributed by atoms with Gasteiger partial charge in [-0.15, -0.1) is 11.3 Å². The number of hydrogen-bond donors (Lipinski definition) is 2. The minimum atomic E-state index is -3.55. The van der Waals surface area contributed by atoms with Gasteiger partial charge in [-0.1, -0.05) is 6.92 Å². The van der Waals surface area contributed by atoms with E-state index in [9.17, 15) is 8.42 Å². The van der Waals surface area contributed by atoms with Crippen LogP contribution in [0.25, 0.3) is 0 Å². The highest BCUT2D eigenvalue weighted by atomic mass is 32.2. The molecule has 8 heteroatoms. The number of anilines is 1. The zero-order chi connectivity index (χ0) is 14.8. The van der Waals surface area contributed by atoms with E-state index in [1.54, 1.807) is 36.3 Å². The molecule has 2 rings (SSSR count). The number of nitrogens with one attached hydrogen (secondary N) is 2. The first kappa shape index (κ1) is 15.0. The Morgan fingerprint density at radius 2 is 2.20 bits per heavy atom. The molecule has 0 amide bonds. The lowest BCUT2D eigenvalue weighted by Crippen LogP contribution is -2.13. The molecule has 0 radical (unpaired) electrons. The molecule has 0 aliphatic heterocycles. The number of aromatic nitrogens is 2. The predicted octanol–water partition coefficient (Wildman–Crippen LogP) is 1.70. The van der Waals surface area contributed by atoms with Crippen molar-refractivity contribution in [2.24, 2.45) is 7.05 Å². The lowest BCUT2D eigenvalue weighted by Gasteiger charge is -2.04. The van der Waals surface area contributed by atoms with E-state index in [-0.39, 0.29) is 0 Å². The molecule has 0 saturated heterocycles. The van der Waals surface area contributed by atoms with E-state index in [0.717, 1.165) is 11.4 Å². The smallest absolute Gasteiger partial charge is 0.262 e. The minimum Gasteiger partial charge on any atom is -0.312 e. The minimum absolute atomic E-state index is 0.290. The highest BCUT2D eigenvalue weighted by Crippen LogP contribution is 2.23. The summed E-state index contributed by atoms with van der Waals surface area (Å²) in [5, 5.41) is 8.94. The quantitative estimate of drug-likeness (QED) is 0.851. The Balaban J connectivity index is 2.18. The maximum Gasteiger partial charge on any atom is 0.262 e. The second kappa shape index (κ2) is 5.94. The molecule has 0 bridgehead atoms. The molecule has 0 spiro atoms. The van der Waals surface area contributed by atoms with Gasteiger partial charge in [0, 0.05) is 30.0 Å². The van der Waals surface area contributed by atoms with Crippen molar-refractivity contribution in [3.8, 4) is 0 Å². The van der Waals surface area contributed by atoms with Gasteiger partial charge in [0.1, 0.15) is 0 Å². The summed E-state index contributed by atoms with van der Waals surface area (Å²) >= 11 is 1.43. The maximum absolute atomic E-state index is 12.3. The first-order valence-electron chi connectivity index (χ1n) is 6.23. The van der Waals surface area contributed by atoms with Crippen LogP contribution in [0.5, 0.6) is 0 Å². The highest BCUT2D eigenvalue weighted by molar-refractivity contribution is 7.92. The Kier molecular flexibility index (Phi) is 4.46. The summed E-state index contributed by atoms with van der Waals surface area (Å²) in [5.41, 5.74) is 1.16. The summed E-state index contributed by atoms with van der Waals surface area (Å²) in [5.74, 6) is 0. The van der Waals surface area contributed by atoms with Crippen molar-refractivity contribution < 1.29 is 8.42 Å². The van der Waals surface area contributed by atoms with E-state index >= 15 is 0 Å². The van der Waals surface area contributed by atoms with Gasteiger partial charge in [-0.25, -0.2) is 8.42 Å². The Bertz CT molecular complexity index is 688. The molecule has 0 aliphatic carbocycles. The van der Waals surface area contributed by atoms with E-state index < -0.39 is 10.0 Å². The molecule has 2 heterocycles. The van der Waals surface area contributed by atoms with Crippen molar-refractivity contribution in [2.45, 2.75) is 25.3 Å². The summed E-state index contributed by atoms with van der Waals surface area (Å²) in [6, 6.07) is 1.70. The molecule has 6 nitrogen and oxygen atoms in total. The Morgan fingerprint density at radius 3 is 2.80 bits per heavy atom. The summed E-state index contributed by atoms with van der Waals surface area (Å²) < 4.78 is 28.7. The molecule has 2 aromatic heterocycles. The number of aryl methyl sites for hydroxylation is 2. The number of rotatable bonds is 6. The fourth-order valence-electron chi connectivity index (χ4n) is 1.75. The number of nitrogens with zero attached hydrogens (tertiary/aromatic N) is 2. The molecular weight excluding hydrogens is 296 g/mol. The van der Waals surface area contributed by atoms with Gasteiger partial charge in [0.15, 0.2) is 0 Å². The largest absolute Gasteiger partial charge is 0.312 e. The van der Waals surface area contributed by atoms with Crippen LogP contribution in [-0.4, -0.2) is 24.7 Å². The fourth-order valence-corrected chi connectivity index (χ4v) is 4.09. The Hall–Kier alpha value is -1.38. The lowest BCUT2D eigenvalue weighted by molar-refractivity contribution is 0.601. The fraction of sp³-hybridized carbons (Fsp3) is 0.417. The van der Waals surface area contributed by atoms with E-state index in [4.69, 9.17) is 0 Å². The summed E-state index contributed by atoms with van der Waals surface area (Å²) in [7, 11) is -1.79. The number of hydrogen-bond acceptors (Lipinski definition) is 5. The molecule has 2 N–H and O–H groups in total. The Labute approximate surface area is 122 Å². The molecule has 2 aromatic rings. The van der Waals surface area contributed by atoms with Gasteiger partial charge in [0.25, 0.3) is 10.0 Å². The van der Waals surface area contributed by atoms with Crippen LogP contribution in [0, 0.1) is 6.92 Å². The van der Waals surface area contributed by atoms with Crippen LogP contribution in [-0.2, 0) is 23.6 Å². The topological polar surface area (TPSA) is 76.0 Å². The average Bonchev–Trinajstić information content (AvgIpc) is 2.94. The van der Waals surface area contributed by atoms with Crippen LogP contribution in [0.2, 0.25) is 0 Å². The third-order valence-corrected chi connectivity index (χ3v) is 5.18. The van der Waals surface area contributed by atoms with Crippen LogP contribution in [0.1, 0.15) is 17.5 Å². The standard InChI is InChI=1S/C12H18N4O2S2/c1-4-13-6-10-5-11(8-19-10)20(17,18)15-12-7-16(3)14-9(12)2/h5,7-8,13,15H,4,6H2,1-3H3. The molecule has 0 saturated carbocycles. The molecule has 0 atom stereocenters.